The molecule has 0 heterocycles. The molecule has 128 valence electrons. The third kappa shape index (κ3) is 4.36. The standard InChI is InChI=1S/C8H18O4S2.C6H6O2/c1-5-8(4,13(9,10)6-2)14(11,12)7-3;7-5-3-1-2-4-6(5)8/h5-7H2,1-4H3;1-4,7-8H. The maximum atomic E-state index is 11.7. The highest BCUT2D eigenvalue weighted by Crippen LogP contribution is 2.29. The number of sulfone groups is 2. The fourth-order valence-electron chi connectivity index (χ4n) is 1.71. The highest BCUT2D eigenvalue weighted by atomic mass is 32.3. The Hall–Kier alpha value is -1.28. The minimum Gasteiger partial charge on any atom is -0.504 e. The quantitative estimate of drug-likeness (QED) is 0.785. The van der Waals surface area contributed by atoms with E-state index in [1.54, 1.807) is 19.1 Å². The fraction of sp³-hybridized carbons (Fsp3) is 0.571. The molecule has 0 unspecified atom stereocenters. The summed E-state index contributed by atoms with van der Waals surface area (Å²) in [5.41, 5.74) is 0. The van der Waals surface area contributed by atoms with Crippen LogP contribution in [0.25, 0.3) is 0 Å². The Morgan fingerprint density at radius 3 is 1.36 bits per heavy atom. The van der Waals surface area contributed by atoms with Gasteiger partial charge >= 0.3 is 0 Å². The number of phenols is 2. The lowest BCUT2D eigenvalue weighted by atomic mass is 10.3. The number of para-hydroxylation sites is 2. The third-order valence-corrected chi connectivity index (χ3v) is 9.85. The number of aromatic hydroxyl groups is 2. The molecule has 1 rings (SSSR count). The highest BCUT2D eigenvalue weighted by molar-refractivity contribution is 8.10. The first-order chi connectivity index (χ1) is 9.99. The first-order valence-electron chi connectivity index (χ1n) is 6.90. The number of hydrogen-bond acceptors (Lipinski definition) is 6. The fourth-order valence-corrected chi connectivity index (χ4v) is 6.06. The summed E-state index contributed by atoms with van der Waals surface area (Å²) >= 11 is 0. The zero-order valence-corrected chi connectivity index (χ0v) is 14.9. The zero-order chi connectivity index (χ0) is 17.6. The minimum atomic E-state index is -3.57. The molecule has 8 heteroatoms. The van der Waals surface area contributed by atoms with E-state index in [1.807, 2.05) is 0 Å². The summed E-state index contributed by atoms with van der Waals surface area (Å²) in [6.45, 7) is 5.81. The molecule has 0 saturated carbocycles. The Labute approximate surface area is 132 Å². The first kappa shape index (κ1) is 20.7. The summed E-state index contributed by atoms with van der Waals surface area (Å²) in [6.07, 6.45) is 0.0966. The van der Waals surface area contributed by atoms with Crippen molar-refractivity contribution in [3.05, 3.63) is 24.3 Å². The van der Waals surface area contributed by atoms with E-state index in [0.29, 0.717) is 0 Å². The zero-order valence-electron chi connectivity index (χ0n) is 13.3. The van der Waals surface area contributed by atoms with Crippen molar-refractivity contribution in [1.82, 2.24) is 0 Å². The van der Waals surface area contributed by atoms with Crippen LogP contribution in [0.3, 0.4) is 0 Å². The van der Waals surface area contributed by atoms with Gasteiger partial charge in [-0.25, -0.2) is 16.8 Å². The van der Waals surface area contributed by atoms with Crippen molar-refractivity contribution >= 4 is 19.7 Å². The third-order valence-electron chi connectivity index (χ3n) is 3.60. The molecular weight excluding hydrogens is 328 g/mol. The van der Waals surface area contributed by atoms with E-state index in [-0.39, 0.29) is 29.4 Å². The van der Waals surface area contributed by atoms with Crippen LogP contribution < -0.4 is 0 Å². The van der Waals surface area contributed by atoms with E-state index >= 15 is 0 Å². The van der Waals surface area contributed by atoms with E-state index in [9.17, 15) is 16.8 Å². The SMILES string of the molecule is CCC(C)(S(=O)(=O)CC)S(=O)(=O)CC.Oc1ccccc1O. The number of rotatable bonds is 5. The lowest BCUT2D eigenvalue weighted by molar-refractivity contribution is 0.404. The van der Waals surface area contributed by atoms with E-state index in [0.717, 1.165) is 0 Å². The molecule has 0 atom stereocenters. The Kier molecular flexibility index (Phi) is 7.37. The predicted molar refractivity (Wildman–Crippen MR) is 87.4 cm³/mol. The van der Waals surface area contributed by atoms with Crippen LogP contribution in [-0.4, -0.2) is 42.6 Å². The second kappa shape index (κ2) is 7.82. The summed E-state index contributed by atoms with van der Waals surface area (Å²) in [5.74, 6) is -0.437. The monoisotopic (exact) mass is 352 g/mol. The van der Waals surface area contributed by atoms with Crippen LogP contribution in [0, 0.1) is 0 Å². The molecule has 0 aliphatic rings. The van der Waals surface area contributed by atoms with Crippen molar-refractivity contribution in [2.75, 3.05) is 11.5 Å². The van der Waals surface area contributed by atoms with Crippen LogP contribution in [0.4, 0.5) is 0 Å². The van der Waals surface area contributed by atoms with Crippen LogP contribution in [0.2, 0.25) is 0 Å². The van der Waals surface area contributed by atoms with Crippen molar-refractivity contribution in [3.63, 3.8) is 0 Å². The average Bonchev–Trinajstić information content (AvgIpc) is 2.49. The van der Waals surface area contributed by atoms with E-state index in [1.165, 1.54) is 32.9 Å². The van der Waals surface area contributed by atoms with Gasteiger partial charge in [0.2, 0.25) is 0 Å². The molecule has 0 spiro atoms. The van der Waals surface area contributed by atoms with Crippen molar-refractivity contribution in [2.24, 2.45) is 0 Å². The van der Waals surface area contributed by atoms with Gasteiger partial charge in [-0.2, -0.15) is 0 Å². The maximum Gasteiger partial charge on any atom is 0.170 e. The Morgan fingerprint density at radius 2 is 1.18 bits per heavy atom. The minimum absolute atomic E-state index is 0.0764. The summed E-state index contributed by atoms with van der Waals surface area (Å²) in [4.78, 5) is 0. The molecular formula is C14H24O6S2. The molecule has 0 radical (unpaired) electrons. The largest absolute Gasteiger partial charge is 0.504 e. The second-order valence-electron chi connectivity index (χ2n) is 4.78. The summed E-state index contributed by atoms with van der Waals surface area (Å²) in [6, 6.07) is 6.15. The topological polar surface area (TPSA) is 109 Å². The smallest absolute Gasteiger partial charge is 0.170 e. The lowest BCUT2D eigenvalue weighted by Gasteiger charge is -2.26. The lowest BCUT2D eigenvalue weighted by Crippen LogP contribution is -2.44. The van der Waals surface area contributed by atoms with Crippen molar-refractivity contribution < 1.29 is 27.0 Å². The van der Waals surface area contributed by atoms with E-state index in [2.05, 4.69) is 0 Å². The molecule has 0 bridgehead atoms. The van der Waals surface area contributed by atoms with Gasteiger partial charge in [0.15, 0.2) is 35.3 Å². The van der Waals surface area contributed by atoms with Crippen molar-refractivity contribution in [3.8, 4) is 11.5 Å². The summed E-state index contributed by atoms with van der Waals surface area (Å²) < 4.78 is 45.1. The molecule has 1 aromatic rings. The van der Waals surface area contributed by atoms with E-state index in [4.69, 9.17) is 10.2 Å². The molecule has 22 heavy (non-hydrogen) atoms. The van der Waals surface area contributed by atoms with E-state index < -0.39 is 23.8 Å². The second-order valence-corrected chi connectivity index (χ2v) is 10.5. The Balaban J connectivity index is 0.000000461. The van der Waals surface area contributed by atoms with Gasteiger partial charge in [0, 0.05) is 11.5 Å². The molecule has 0 fully saturated rings. The van der Waals surface area contributed by atoms with Crippen LogP contribution in [0.1, 0.15) is 34.1 Å². The van der Waals surface area contributed by atoms with Gasteiger partial charge in [-0.1, -0.05) is 32.9 Å². The normalized spacial score (nSPS) is 12.4. The molecule has 0 aromatic heterocycles. The van der Waals surface area contributed by atoms with Crippen LogP contribution >= 0.6 is 0 Å². The average molecular weight is 352 g/mol. The molecule has 2 N–H and O–H groups in total. The van der Waals surface area contributed by atoms with Crippen LogP contribution in [0.5, 0.6) is 11.5 Å². The van der Waals surface area contributed by atoms with Crippen LogP contribution in [0.15, 0.2) is 24.3 Å². The predicted octanol–water partition coefficient (Wildman–Crippen LogP) is 2.08. The Morgan fingerprint density at radius 1 is 0.864 bits per heavy atom. The van der Waals surface area contributed by atoms with Gasteiger partial charge in [0.1, 0.15) is 0 Å². The van der Waals surface area contributed by atoms with Gasteiger partial charge in [0.05, 0.1) is 0 Å². The van der Waals surface area contributed by atoms with Crippen LogP contribution in [-0.2, 0) is 19.7 Å². The highest BCUT2D eigenvalue weighted by Gasteiger charge is 2.47. The number of hydrogen-bond donors (Lipinski definition) is 2. The maximum absolute atomic E-state index is 11.7. The van der Waals surface area contributed by atoms with Gasteiger partial charge in [-0.3, -0.25) is 0 Å². The molecule has 0 saturated heterocycles. The summed E-state index contributed by atoms with van der Waals surface area (Å²) in [5, 5.41) is 17.3. The van der Waals surface area contributed by atoms with Crippen molar-refractivity contribution in [1.29, 1.82) is 0 Å². The van der Waals surface area contributed by atoms with Gasteiger partial charge in [-0.15, -0.1) is 0 Å². The number of phenolic OH excluding ortho intramolecular Hbond substituents is 2. The summed E-state index contributed by atoms with van der Waals surface area (Å²) in [7, 11) is -7.14. The van der Waals surface area contributed by atoms with Gasteiger partial charge in [-0.05, 0) is 25.5 Å². The van der Waals surface area contributed by atoms with Crippen molar-refractivity contribution in [2.45, 2.75) is 38.2 Å². The Bertz CT molecular complexity index is 622. The molecule has 0 aliphatic heterocycles. The first-order valence-corrected chi connectivity index (χ1v) is 10.2. The molecule has 1 aromatic carbocycles. The molecule has 0 aliphatic carbocycles. The molecule has 0 amide bonds. The van der Waals surface area contributed by atoms with Gasteiger partial charge in [0.25, 0.3) is 0 Å². The number of benzene rings is 1. The molecule has 6 nitrogen and oxygen atoms in total. The van der Waals surface area contributed by atoms with Gasteiger partial charge < -0.3 is 10.2 Å².